The number of rotatable bonds is 3. The number of hydrogen-bond donors (Lipinski definition) is 0. The molecule has 2 aromatic carbocycles. The first-order valence-corrected chi connectivity index (χ1v) is 6.88. The molecule has 3 rings (SSSR count). The molecule has 0 radical (unpaired) electrons. The van der Waals surface area contributed by atoms with Gasteiger partial charge in [0.1, 0.15) is 11.9 Å². The van der Waals surface area contributed by atoms with Crippen LogP contribution in [0.1, 0.15) is 5.69 Å². The number of fused-ring (bicyclic) bond motifs is 1. The average molecular weight is 304 g/mol. The normalized spacial score (nSPS) is 10.3. The summed E-state index contributed by atoms with van der Waals surface area (Å²) < 4.78 is 0. The number of pyridine rings is 1. The van der Waals surface area contributed by atoms with Crippen LogP contribution in [0.5, 0.6) is 0 Å². The lowest BCUT2D eigenvalue weighted by molar-refractivity contribution is -0.385. The predicted octanol–water partition coefficient (Wildman–Crippen LogP) is 3.78. The summed E-state index contributed by atoms with van der Waals surface area (Å²) in [5.41, 5.74) is 0.400. The molecule has 0 aliphatic carbocycles. The summed E-state index contributed by atoms with van der Waals surface area (Å²) in [5.74, 6) is 0.474. The van der Waals surface area contributed by atoms with Gasteiger partial charge in [0, 0.05) is 18.8 Å². The van der Waals surface area contributed by atoms with E-state index in [1.165, 1.54) is 12.1 Å². The Morgan fingerprint density at radius 3 is 2.57 bits per heavy atom. The summed E-state index contributed by atoms with van der Waals surface area (Å²) in [5, 5.41) is 22.1. The Hall–Kier alpha value is -3.46. The van der Waals surface area contributed by atoms with E-state index in [0.29, 0.717) is 5.82 Å². The highest BCUT2D eigenvalue weighted by atomic mass is 16.6. The van der Waals surface area contributed by atoms with Crippen LogP contribution in [0.4, 0.5) is 17.2 Å². The molecule has 0 saturated heterocycles. The molecule has 0 amide bonds. The highest BCUT2D eigenvalue weighted by Gasteiger charge is 2.17. The van der Waals surface area contributed by atoms with Gasteiger partial charge in [0.05, 0.1) is 4.92 Å². The van der Waals surface area contributed by atoms with Gasteiger partial charge in [-0.3, -0.25) is 10.1 Å². The molecule has 0 fully saturated rings. The third-order valence-electron chi connectivity index (χ3n) is 3.63. The average Bonchev–Trinajstić information content (AvgIpc) is 2.60. The Labute approximate surface area is 132 Å². The second-order valence-corrected chi connectivity index (χ2v) is 5.00. The van der Waals surface area contributed by atoms with Gasteiger partial charge >= 0.3 is 5.69 Å². The van der Waals surface area contributed by atoms with E-state index in [1.807, 2.05) is 42.5 Å². The van der Waals surface area contributed by atoms with E-state index in [-0.39, 0.29) is 11.4 Å². The van der Waals surface area contributed by atoms with E-state index >= 15 is 0 Å². The number of aromatic nitrogens is 1. The Morgan fingerprint density at radius 2 is 1.87 bits per heavy atom. The van der Waals surface area contributed by atoms with Crippen LogP contribution in [-0.2, 0) is 0 Å². The maximum atomic E-state index is 10.9. The van der Waals surface area contributed by atoms with Crippen molar-refractivity contribution < 1.29 is 4.92 Å². The summed E-state index contributed by atoms with van der Waals surface area (Å²) in [6, 6.07) is 18.5. The standard InChI is InChI=1S/C17H12N4O2/c1-20(14-7-6-12-4-2-3-5-13(12)10-14)17-9-8-16(21(22)23)15(11-18)19-17/h2-10H,1H3. The number of benzene rings is 2. The Kier molecular flexibility index (Phi) is 3.61. The molecule has 0 saturated carbocycles. The molecule has 23 heavy (non-hydrogen) atoms. The summed E-state index contributed by atoms with van der Waals surface area (Å²) >= 11 is 0. The van der Waals surface area contributed by atoms with Crippen molar-refractivity contribution >= 4 is 28.0 Å². The first-order chi connectivity index (χ1) is 11.1. The third-order valence-corrected chi connectivity index (χ3v) is 3.63. The Morgan fingerprint density at radius 1 is 1.13 bits per heavy atom. The molecule has 0 unspecified atom stereocenters. The van der Waals surface area contributed by atoms with Crippen molar-refractivity contribution in [2.45, 2.75) is 0 Å². The smallest absolute Gasteiger partial charge is 0.305 e. The van der Waals surface area contributed by atoms with Gasteiger partial charge in [0.25, 0.3) is 0 Å². The lowest BCUT2D eigenvalue weighted by Gasteiger charge is -2.19. The second-order valence-electron chi connectivity index (χ2n) is 5.00. The fraction of sp³-hybridized carbons (Fsp3) is 0.0588. The van der Waals surface area contributed by atoms with Gasteiger partial charge in [-0.05, 0) is 29.0 Å². The van der Waals surface area contributed by atoms with Crippen molar-refractivity contribution in [2.24, 2.45) is 0 Å². The molecule has 0 N–H and O–H groups in total. The number of hydrogen-bond acceptors (Lipinski definition) is 5. The van der Waals surface area contributed by atoms with Crippen LogP contribution in [0.3, 0.4) is 0 Å². The van der Waals surface area contributed by atoms with Crippen LogP contribution in [0, 0.1) is 21.4 Å². The van der Waals surface area contributed by atoms with E-state index in [9.17, 15) is 10.1 Å². The summed E-state index contributed by atoms with van der Waals surface area (Å²) in [4.78, 5) is 16.2. The van der Waals surface area contributed by atoms with Crippen LogP contribution >= 0.6 is 0 Å². The van der Waals surface area contributed by atoms with Crippen LogP contribution in [0.2, 0.25) is 0 Å². The van der Waals surface area contributed by atoms with E-state index in [4.69, 9.17) is 5.26 Å². The minimum Gasteiger partial charge on any atom is -0.329 e. The van der Waals surface area contributed by atoms with Crippen LogP contribution in [0.25, 0.3) is 10.8 Å². The van der Waals surface area contributed by atoms with Gasteiger partial charge < -0.3 is 4.90 Å². The highest BCUT2D eigenvalue weighted by Crippen LogP contribution is 2.28. The third kappa shape index (κ3) is 2.68. The van der Waals surface area contributed by atoms with Gasteiger partial charge in [-0.2, -0.15) is 5.26 Å². The molecule has 112 valence electrons. The highest BCUT2D eigenvalue weighted by molar-refractivity contribution is 5.86. The van der Waals surface area contributed by atoms with Crippen molar-refractivity contribution in [1.29, 1.82) is 5.26 Å². The molecule has 0 aliphatic rings. The zero-order valence-corrected chi connectivity index (χ0v) is 12.3. The van der Waals surface area contributed by atoms with Crippen molar-refractivity contribution in [3.63, 3.8) is 0 Å². The lowest BCUT2D eigenvalue weighted by atomic mass is 10.1. The molecule has 0 spiro atoms. The number of nitrogens with zero attached hydrogens (tertiary/aromatic N) is 4. The molecule has 6 nitrogen and oxygen atoms in total. The summed E-state index contributed by atoms with van der Waals surface area (Å²) in [6.45, 7) is 0. The fourth-order valence-electron chi connectivity index (χ4n) is 2.38. The van der Waals surface area contributed by atoms with E-state index in [2.05, 4.69) is 4.98 Å². The topological polar surface area (TPSA) is 83.1 Å². The maximum Gasteiger partial charge on any atom is 0.305 e. The van der Waals surface area contributed by atoms with Crippen molar-refractivity contribution in [2.75, 3.05) is 11.9 Å². The van der Waals surface area contributed by atoms with Gasteiger partial charge in [-0.1, -0.05) is 30.3 Å². The van der Waals surface area contributed by atoms with E-state index in [1.54, 1.807) is 18.0 Å². The SMILES string of the molecule is CN(c1ccc2ccccc2c1)c1ccc([N+](=O)[O-])c(C#N)n1. The van der Waals surface area contributed by atoms with Gasteiger partial charge in [0.15, 0.2) is 0 Å². The van der Waals surface area contributed by atoms with Crippen LogP contribution in [0.15, 0.2) is 54.6 Å². The lowest BCUT2D eigenvalue weighted by Crippen LogP contribution is -2.12. The first kappa shape index (κ1) is 14.5. The quantitative estimate of drug-likeness (QED) is 0.543. The van der Waals surface area contributed by atoms with Gasteiger partial charge in [-0.25, -0.2) is 4.98 Å². The molecule has 6 heteroatoms. The zero-order valence-electron chi connectivity index (χ0n) is 12.3. The predicted molar refractivity (Wildman–Crippen MR) is 87.6 cm³/mol. The Bertz CT molecular complexity index is 947. The molecular weight excluding hydrogens is 292 g/mol. The first-order valence-electron chi connectivity index (χ1n) is 6.88. The van der Waals surface area contributed by atoms with Crippen molar-refractivity contribution in [1.82, 2.24) is 4.98 Å². The zero-order chi connectivity index (χ0) is 16.4. The van der Waals surface area contributed by atoms with Crippen molar-refractivity contribution in [3.8, 4) is 6.07 Å². The van der Waals surface area contributed by atoms with Crippen molar-refractivity contribution in [3.05, 3.63) is 70.4 Å². The van der Waals surface area contributed by atoms with Crippen LogP contribution in [-0.4, -0.2) is 17.0 Å². The molecule has 3 aromatic rings. The summed E-state index contributed by atoms with van der Waals surface area (Å²) in [7, 11) is 1.80. The fourth-order valence-corrected chi connectivity index (χ4v) is 2.38. The minimum atomic E-state index is -0.606. The van der Waals surface area contributed by atoms with Gasteiger partial charge in [0.2, 0.25) is 5.69 Å². The molecular formula is C17H12N4O2. The summed E-state index contributed by atoms with van der Waals surface area (Å²) in [6.07, 6.45) is 0. The van der Waals surface area contributed by atoms with E-state index < -0.39 is 4.92 Å². The van der Waals surface area contributed by atoms with Crippen LogP contribution < -0.4 is 4.90 Å². The molecule has 0 bridgehead atoms. The minimum absolute atomic E-state index is 0.194. The maximum absolute atomic E-state index is 10.9. The number of nitro groups is 1. The monoisotopic (exact) mass is 304 g/mol. The largest absolute Gasteiger partial charge is 0.329 e. The van der Waals surface area contributed by atoms with Gasteiger partial charge in [-0.15, -0.1) is 0 Å². The number of anilines is 2. The number of nitriles is 1. The Balaban J connectivity index is 2.03. The molecule has 1 aromatic heterocycles. The molecule has 0 aliphatic heterocycles. The molecule has 1 heterocycles. The van der Waals surface area contributed by atoms with E-state index in [0.717, 1.165) is 16.5 Å². The second kappa shape index (κ2) is 5.73. The molecule has 0 atom stereocenters.